The summed E-state index contributed by atoms with van der Waals surface area (Å²) in [5.41, 5.74) is 4.64. The number of rotatable bonds is 10. The van der Waals surface area contributed by atoms with E-state index in [1.54, 1.807) is 43.5 Å². The average molecular weight is 545 g/mol. The third-order valence-corrected chi connectivity index (χ3v) is 5.53. The molecule has 0 radical (unpaired) electrons. The topological polar surface area (TPSA) is 89.0 Å². The molecule has 0 saturated heterocycles. The van der Waals surface area contributed by atoms with Crippen molar-refractivity contribution in [2.75, 3.05) is 12.4 Å². The van der Waals surface area contributed by atoms with Crippen molar-refractivity contribution in [3.63, 3.8) is 0 Å². The van der Waals surface area contributed by atoms with Gasteiger partial charge >= 0.3 is 0 Å². The van der Waals surface area contributed by atoms with Crippen LogP contribution in [0.1, 0.15) is 24.0 Å². The highest BCUT2D eigenvalue weighted by molar-refractivity contribution is 9.10. The lowest BCUT2D eigenvalue weighted by molar-refractivity contribution is -0.124. The zero-order chi connectivity index (χ0) is 24.3. The Balaban J connectivity index is 1.51. The summed E-state index contributed by atoms with van der Waals surface area (Å²) in [6.07, 6.45) is 1.46. The summed E-state index contributed by atoms with van der Waals surface area (Å²) in [7, 11) is 1.55. The molecule has 0 spiro atoms. The highest BCUT2D eigenvalue weighted by Gasteiger charge is 2.12. The van der Waals surface area contributed by atoms with Crippen LogP contribution in [0, 0.1) is 0 Å². The first-order valence-electron chi connectivity index (χ1n) is 10.4. The molecule has 0 atom stereocenters. The third kappa shape index (κ3) is 7.60. The summed E-state index contributed by atoms with van der Waals surface area (Å²) in [5, 5.41) is 7.07. The Kier molecular flexibility index (Phi) is 9.49. The molecule has 0 aromatic heterocycles. The fourth-order valence-corrected chi connectivity index (χ4v) is 3.68. The van der Waals surface area contributed by atoms with E-state index >= 15 is 0 Å². The molecule has 0 saturated carbocycles. The largest absolute Gasteiger partial charge is 0.493 e. The Bertz CT molecular complexity index is 1170. The molecule has 0 aliphatic carbocycles. The normalized spacial score (nSPS) is 10.7. The van der Waals surface area contributed by atoms with E-state index in [1.165, 1.54) is 6.21 Å². The van der Waals surface area contributed by atoms with Gasteiger partial charge in [0.15, 0.2) is 11.5 Å². The van der Waals surface area contributed by atoms with Gasteiger partial charge in [0.25, 0.3) is 0 Å². The van der Waals surface area contributed by atoms with Gasteiger partial charge < -0.3 is 14.8 Å². The molecule has 34 heavy (non-hydrogen) atoms. The number of ether oxygens (including phenoxy) is 2. The average Bonchev–Trinajstić information content (AvgIpc) is 2.84. The van der Waals surface area contributed by atoms with Crippen LogP contribution in [0.4, 0.5) is 5.69 Å². The van der Waals surface area contributed by atoms with Gasteiger partial charge in [-0.1, -0.05) is 54.1 Å². The van der Waals surface area contributed by atoms with Gasteiger partial charge in [0.1, 0.15) is 6.61 Å². The molecule has 2 N–H and O–H groups in total. The number of hydrazone groups is 1. The van der Waals surface area contributed by atoms with Crippen LogP contribution in [0.3, 0.4) is 0 Å². The molecule has 3 aromatic carbocycles. The van der Waals surface area contributed by atoms with Crippen LogP contribution in [0.2, 0.25) is 5.02 Å². The van der Waals surface area contributed by atoms with Crippen LogP contribution in [0.25, 0.3) is 0 Å². The Morgan fingerprint density at radius 2 is 1.74 bits per heavy atom. The second kappa shape index (κ2) is 12.8. The van der Waals surface area contributed by atoms with E-state index in [2.05, 4.69) is 31.8 Å². The quantitative estimate of drug-likeness (QED) is 0.258. The van der Waals surface area contributed by atoms with Crippen molar-refractivity contribution in [2.24, 2.45) is 5.10 Å². The lowest BCUT2D eigenvalue weighted by Gasteiger charge is -2.13. The number of hydrogen-bond donors (Lipinski definition) is 2. The van der Waals surface area contributed by atoms with Gasteiger partial charge in [-0.3, -0.25) is 9.59 Å². The number of carbonyl (C=O) groups excluding carboxylic acids is 2. The fourth-order valence-electron chi connectivity index (χ4n) is 2.92. The van der Waals surface area contributed by atoms with Gasteiger partial charge in [0.2, 0.25) is 11.8 Å². The zero-order valence-electron chi connectivity index (χ0n) is 18.4. The Morgan fingerprint density at radius 1 is 1.03 bits per heavy atom. The molecule has 7 nitrogen and oxygen atoms in total. The summed E-state index contributed by atoms with van der Waals surface area (Å²) < 4.78 is 12.0. The zero-order valence-corrected chi connectivity index (χ0v) is 20.7. The van der Waals surface area contributed by atoms with Crippen LogP contribution >= 0.6 is 27.5 Å². The molecular weight excluding hydrogens is 522 g/mol. The van der Waals surface area contributed by atoms with Crippen LogP contribution < -0.4 is 20.2 Å². The van der Waals surface area contributed by atoms with Crippen molar-refractivity contribution in [3.05, 3.63) is 87.4 Å². The molecular formula is C25H23BrClN3O4. The Hall–Kier alpha value is -3.36. The first-order valence-corrected chi connectivity index (χ1v) is 11.5. The van der Waals surface area contributed by atoms with Crippen LogP contribution in [0.5, 0.6) is 11.5 Å². The number of methoxy groups -OCH3 is 1. The molecule has 0 fully saturated rings. The van der Waals surface area contributed by atoms with Crippen molar-refractivity contribution >= 4 is 51.2 Å². The lowest BCUT2D eigenvalue weighted by Crippen LogP contribution is -2.20. The summed E-state index contributed by atoms with van der Waals surface area (Å²) in [4.78, 5) is 24.1. The Morgan fingerprint density at radius 3 is 2.47 bits per heavy atom. The number of carbonyl (C=O) groups is 2. The smallest absolute Gasteiger partial charge is 0.240 e. The predicted octanol–water partition coefficient (Wildman–Crippen LogP) is 5.56. The maximum absolute atomic E-state index is 12.0. The molecule has 0 aliphatic heterocycles. The minimum absolute atomic E-state index is 0.000598. The second-order valence-corrected chi connectivity index (χ2v) is 8.39. The van der Waals surface area contributed by atoms with Gasteiger partial charge in [-0.05, 0) is 51.3 Å². The SMILES string of the molecule is COc1cc(C=NNC(=O)CCC(=O)Nc2ccccc2Cl)cc(Br)c1OCc1ccccc1. The monoisotopic (exact) mass is 543 g/mol. The maximum Gasteiger partial charge on any atom is 0.240 e. The first-order chi connectivity index (χ1) is 16.5. The van der Waals surface area contributed by atoms with Gasteiger partial charge in [0.05, 0.1) is 28.5 Å². The van der Waals surface area contributed by atoms with Crippen molar-refractivity contribution in [1.29, 1.82) is 0 Å². The maximum atomic E-state index is 12.0. The van der Waals surface area contributed by atoms with Gasteiger partial charge in [-0.2, -0.15) is 5.10 Å². The van der Waals surface area contributed by atoms with E-state index in [1.807, 2.05) is 30.3 Å². The van der Waals surface area contributed by atoms with Crippen molar-refractivity contribution in [3.8, 4) is 11.5 Å². The summed E-state index contributed by atoms with van der Waals surface area (Å²) in [5.74, 6) is 0.387. The molecule has 0 heterocycles. The molecule has 2 amide bonds. The summed E-state index contributed by atoms with van der Waals surface area (Å²) in [6.45, 7) is 0.392. The van der Waals surface area contributed by atoms with Gasteiger partial charge in [-0.25, -0.2) is 5.43 Å². The lowest BCUT2D eigenvalue weighted by atomic mass is 10.2. The Labute approximate surface area is 211 Å². The minimum atomic E-state index is -0.389. The van der Waals surface area contributed by atoms with E-state index < -0.39 is 0 Å². The number of hydrogen-bond acceptors (Lipinski definition) is 5. The number of nitrogens with zero attached hydrogens (tertiary/aromatic N) is 1. The molecule has 0 bridgehead atoms. The highest BCUT2D eigenvalue weighted by Crippen LogP contribution is 2.36. The van der Waals surface area contributed by atoms with E-state index in [0.717, 1.165) is 5.56 Å². The number of amides is 2. The fraction of sp³-hybridized carbons (Fsp3) is 0.160. The minimum Gasteiger partial charge on any atom is -0.493 e. The molecule has 0 aliphatic rings. The number of anilines is 1. The van der Waals surface area contributed by atoms with Crippen LogP contribution in [-0.4, -0.2) is 25.1 Å². The molecule has 0 unspecified atom stereocenters. The molecule has 9 heteroatoms. The van der Waals surface area contributed by atoms with Gasteiger partial charge in [-0.15, -0.1) is 0 Å². The predicted molar refractivity (Wildman–Crippen MR) is 137 cm³/mol. The van der Waals surface area contributed by atoms with E-state index in [9.17, 15) is 9.59 Å². The van der Waals surface area contributed by atoms with Crippen molar-refractivity contribution in [1.82, 2.24) is 5.43 Å². The van der Waals surface area contributed by atoms with E-state index in [-0.39, 0.29) is 24.7 Å². The van der Waals surface area contributed by atoms with E-state index in [4.69, 9.17) is 21.1 Å². The van der Waals surface area contributed by atoms with Crippen molar-refractivity contribution < 1.29 is 19.1 Å². The van der Waals surface area contributed by atoms with Crippen LogP contribution in [0.15, 0.2) is 76.3 Å². The number of halogens is 2. The summed E-state index contributed by atoms with van der Waals surface area (Å²) >= 11 is 9.51. The number of para-hydroxylation sites is 1. The third-order valence-electron chi connectivity index (χ3n) is 4.61. The van der Waals surface area contributed by atoms with E-state index in [0.29, 0.717) is 38.9 Å². The molecule has 176 valence electrons. The standard InChI is InChI=1S/C25H23BrClN3O4/c1-33-22-14-18(13-19(26)25(22)34-16-17-7-3-2-4-8-17)15-28-30-24(32)12-11-23(31)29-21-10-6-5-9-20(21)27/h2-10,13-15H,11-12,16H2,1H3,(H,29,31)(H,30,32). The first kappa shape index (κ1) is 25.3. The molecule has 3 rings (SSSR count). The van der Waals surface area contributed by atoms with Crippen molar-refractivity contribution in [2.45, 2.75) is 19.4 Å². The summed E-state index contributed by atoms with van der Waals surface area (Å²) in [6, 6.07) is 20.2. The van der Waals surface area contributed by atoms with Crippen LogP contribution in [-0.2, 0) is 16.2 Å². The van der Waals surface area contributed by atoms with Gasteiger partial charge in [0, 0.05) is 12.8 Å². The number of nitrogens with one attached hydrogen (secondary N) is 2. The molecule has 3 aromatic rings. The second-order valence-electron chi connectivity index (χ2n) is 7.13. The highest BCUT2D eigenvalue weighted by atomic mass is 79.9. The number of benzene rings is 3.